The highest BCUT2D eigenvalue weighted by atomic mass is 32.2. The van der Waals surface area contributed by atoms with Gasteiger partial charge in [-0.25, -0.2) is 8.42 Å². The molecule has 0 radical (unpaired) electrons. The van der Waals surface area contributed by atoms with E-state index in [0.29, 0.717) is 11.6 Å². The van der Waals surface area contributed by atoms with Gasteiger partial charge in [0.05, 0.1) is 16.3 Å². The van der Waals surface area contributed by atoms with Crippen LogP contribution < -0.4 is 10.6 Å². The molecule has 1 aromatic rings. The van der Waals surface area contributed by atoms with E-state index < -0.39 is 9.84 Å². The highest BCUT2D eigenvalue weighted by Crippen LogP contribution is 2.27. The van der Waals surface area contributed by atoms with Crippen molar-refractivity contribution in [3.8, 4) is 0 Å². The van der Waals surface area contributed by atoms with E-state index in [1.165, 1.54) is 6.26 Å². The SMILES string of the molecule is CCC(C)CN(CC)c1ccc(S(C)(=O)=O)cc1N. The van der Waals surface area contributed by atoms with Crippen LogP contribution >= 0.6 is 0 Å². The van der Waals surface area contributed by atoms with Crippen LogP contribution in [0.1, 0.15) is 27.2 Å². The monoisotopic (exact) mass is 284 g/mol. The molecule has 5 heteroatoms. The Balaban J connectivity index is 3.06. The number of sulfone groups is 1. The molecule has 1 rings (SSSR count). The molecule has 0 aliphatic rings. The van der Waals surface area contributed by atoms with Gasteiger partial charge in [-0.1, -0.05) is 20.3 Å². The van der Waals surface area contributed by atoms with E-state index in [9.17, 15) is 8.42 Å². The molecule has 0 saturated carbocycles. The maximum absolute atomic E-state index is 11.5. The first kappa shape index (κ1) is 15.8. The Morgan fingerprint density at radius 2 is 1.95 bits per heavy atom. The standard InChI is InChI=1S/C14H24N2O2S/c1-5-11(3)10-16(6-2)14-8-7-12(9-13(14)15)19(4,17)18/h7-9,11H,5-6,10,15H2,1-4H3. The molecule has 0 heterocycles. The van der Waals surface area contributed by atoms with Gasteiger partial charge in [0.2, 0.25) is 0 Å². The molecule has 0 aliphatic carbocycles. The van der Waals surface area contributed by atoms with Crippen molar-refractivity contribution in [1.29, 1.82) is 0 Å². The zero-order valence-corrected chi connectivity index (χ0v) is 13.0. The quantitative estimate of drug-likeness (QED) is 0.815. The Morgan fingerprint density at radius 1 is 1.32 bits per heavy atom. The Hall–Kier alpha value is -1.23. The third kappa shape index (κ3) is 4.13. The van der Waals surface area contributed by atoms with Crippen molar-refractivity contribution >= 4 is 21.2 Å². The fourth-order valence-corrected chi connectivity index (χ4v) is 2.61. The summed E-state index contributed by atoms with van der Waals surface area (Å²) in [7, 11) is -3.20. The number of hydrogen-bond acceptors (Lipinski definition) is 4. The number of nitrogen functional groups attached to an aromatic ring is 1. The van der Waals surface area contributed by atoms with Gasteiger partial charge in [-0.15, -0.1) is 0 Å². The maximum Gasteiger partial charge on any atom is 0.175 e. The first-order valence-electron chi connectivity index (χ1n) is 6.64. The summed E-state index contributed by atoms with van der Waals surface area (Å²) in [6.45, 7) is 8.22. The molecule has 0 saturated heterocycles. The van der Waals surface area contributed by atoms with Gasteiger partial charge in [-0.2, -0.15) is 0 Å². The molecule has 19 heavy (non-hydrogen) atoms. The van der Waals surface area contributed by atoms with Crippen molar-refractivity contribution < 1.29 is 8.42 Å². The van der Waals surface area contributed by atoms with Crippen molar-refractivity contribution in [3.63, 3.8) is 0 Å². The highest BCUT2D eigenvalue weighted by Gasteiger charge is 2.14. The minimum absolute atomic E-state index is 0.272. The second-order valence-corrected chi connectivity index (χ2v) is 7.06. The Labute approximate surface area is 116 Å². The van der Waals surface area contributed by atoms with Crippen LogP contribution in [0.5, 0.6) is 0 Å². The predicted octanol–water partition coefficient (Wildman–Crippen LogP) is 2.54. The number of nitrogens with zero attached hydrogens (tertiary/aromatic N) is 1. The summed E-state index contributed by atoms with van der Waals surface area (Å²) in [5, 5.41) is 0. The number of nitrogens with two attached hydrogens (primary N) is 1. The van der Waals surface area contributed by atoms with E-state index in [-0.39, 0.29) is 4.90 Å². The number of rotatable bonds is 6. The molecule has 0 fully saturated rings. The normalized spacial score (nSPS) is 13.3. The van der Waals surface area contributed by atoms with Gasteiger partial charge in [0.1, 0.15) is 0 Å². The van der Waals surface area contributed by atoms with Crippen molar-refractivity contribution in [2.75, 3.05) is 30.0 Å². The van der Waals surface area contributed by atoms with Crippen molar-refractivity contribution in [3.05, 3.63) is 18.2 Å². The second-order valence-electron chi connectivity index (χ2n) is 5.04. The van der Waals surface area contributed by atoms with Crippen LogP contribution in [0.4, 0.5) is 11.4 Å². The smallest absolute Gasteiger partial charge is 0.175 e. The van der Waals surface area contributed by atoms with Crippen molar-refractivity contribution in [2.24, 2.45) is 5.92 Å². The van der Waals surface area contributed by atoms with E-state index in [1.807, 2.05) is 0 Å². The molecule has 0 amide bonds. The summed E-state index contributed by atoms with van der Waals surface area (Å²) in [5.41, 5.74) is 7.44. The molecule has 1 aromatic carbocycles. The second kappa shape index (κ2) is 6.28. The van der Waals surface area contributed by atoms with Gasteiger partial charge in [0.15, 0.2) is 9.84 Å². The molecule has 0 aliphatic heterocycles. The summed E-state index contributed by atoms with van der Waals surface area (Å²) in [6, 6.07) is 4.97. The molecule has 0 spiro atoms. The number of hydrogen-bond donors (Lipinski definition) is 1. The molecule has 4 nitrogen and oxygen atoms in total. The summed E-state index contributed by atoms with van der Waals surface area (Å²) < 4.78 is 23.0. The van der Waals surface area contributed by atoms with E-state index >= 15 is 0 Å². The Kier molecular flexibility index (Phi) is 5.23. The molecule has 1 unspecified atom stereocenters. The third-order valence-corrected chi connectivity index (χ3v) is 4.49. The van der Waals surface area contributed by atoms with Crippen LogP contribution in [0, 0.1) is 5.92 Å². The minimum atomic E-state index is -3.20. The van der Waals surface area contributed by atoms with Crippen LogP contribution in [0.25, 0.3) is 0 Å². The number of anilines is 2. The van der Waals surface area contributed by atoms with E-state index in [4.69, 9.17) is 5.73 Å². The summed E-state index contributed by atoms with van der Waals surface area (Å²) in [6.07, 6.45) is 2.30. The molecule has 108 valence electrons. The zero-order valence-electron chi connectivity index (χ0n) is 12.2. The lowest BCUT2D eigenvalue weighted by molar-refractivity contribution is 0.548. The van der Waals surface area contributed by atoms with Crippen LogP contribution in [-0.2, 0) is 9.84 Å². The van der Waals surface area contributed by atoms with Crippen LogP contribution in [0.15, 0.2) is 23.1 Å². The first-order chi connectivity index (χ1) is 8.79. The average Bonchev–Trinajstić information content (AvgIpc) is 2.34. The third-order valence-electron chi connectivity index (χ3n) is 3.38. The largest absolute Gasteiger partial charge is 0.397 e. The van der Waals surface area contributed by atoms with Crippen molar-refractivity contribution in [2.45, 2.75) is 32.1 Å². The molecular formula is C14H24N2O2S. The average molecular weight is 284 g/mol. The topological polar surface area (TPSA) is 63.4 Å². The first-order valence-corrected chi connectivity index (χ1v) is 8.53. The van der Waals surface area contributed by atoms with Crippen LogP contribution in [0.2, 0.25) is 0 Å². The van der Waals surface area contributed by atoms with Crippen LogP contribution in [0.3, 0.4) is 0 Å². The van der Waals surface area contributed by atoms with E-state index in [1.54, 1.807) is 18.2 Å². The van der Waals surface area contributed by atoms with Gasteiger partial charge in [-0.3, -0.25) is 0 Å². The molecule has 1 atom stereocenters. The molecule has 0 bridgehead atoms. The predicted molar refractivity (Wildman–Crippen MR) is 81.3 cm³/mol. The van der Waals surface area contributed by atoms with E-state index in [0.717, 1.165) is 25.2 Å². The molecular weight excluding hydrogens is 260 g/mol. The Morgan fingerprint density at radius 3 is 2.37 bits per heavy atom. The Bertz CT molecular complexity index is 526. The fourth-order valence-electron chi connectivity index (χ4n) is 1.95. The van der Waals surface area contributed by atoms with Gasteiger partial charge in [-0.05, 0) is 31.0 Å². The zero-order chi connectivity index (χ0) is 14.6. The summed E-state index contributed by atoms with van der Waals surface area (Å²) in [5.74, 6) is 0.578. The summed E-state index contributed by atoms with van der Waals surface area (Å²) >= 11 is 0. The fraction of sp³-hybridized carbons (Fsp3) is 0.571. The lowest BCUT2D eigenvalue weighted by atomic mass is 10.1. The summed E-state index contributed by atoms with van der Waals surface area (Å²) in [4.78, 5) is 2.46. The molecule has 2 N–H and O–H groups in total. The van der Waals surface area contributed by atoms with Gasteiger partial charge >= 0.3 is 0 Å². The van der Waals surface area contributed by atoms with Gasteiger partial charge < -0.3 is 10.6 Å². The number of benzene rings is 1. The van der Waals surface area contributed by atoms with E-state index in [2.05, 4.69) is 25.7 Å². The minimum Gasteiger partial charge on any atom is -0.397 e. The lowest BCUT2D eigenvalue weighted by Gasteiger charge is -2.27. The lowest BCUT2D eigenvalue weighted by Crippen LogP contribution is -2.28. The highest BCUT2D eigenvalue weighted by molar-refractivity contribution is 7.90. The van der Waals surface area contributed by atoms with Crippen LogP contribution in [-0.4, -0.2) is 27.8 Å². The van der Waals surface area contributed by atoms with Crippen molar-refractivity contribution in [1.82, 2.24) is 0 Å². The molecule has 0 aromatic heterocycles. The maximum atomic E-state index is 11.5. The van der Waals surface area contributed by atoms with Gasteiger partial charge in [0, 0.05) is 19.3 Å². The van der Waals surface area contributed by atoms with Gasteiger partial charge in [0.25, 0.3) is 0 Å².